The van der Waals surface area contributed by atoms with Gasteiger partial charge in [0.1, 0.15) is 9.88 Å². The van der Waals surface area contributed by atoms with Crippen LogP contribution in [-0.4, -0.2) is 28.6 Å². The summed E-state index contributed by atoms with van der Waals surface area (Å²) in [5.41, 5.74) is 0. The van der Waals surface area contributed by atoms with Crippen molar-refractivity contribution in [3.63, 3.8) is 0 Å². The number of thiazole rings is 1. The van der Waals surface area contributed by atoms with Crippen molar-refractivity contribution in [1.29, 1.82) is 0 Å². The minimum Gasteiger partial charge on any atom is -0.394 e. The molecule has 90 valence electrons. The van der Waals surface area contributed by atoms with Crippen molar-refractivity contribution < 1.29 is 9.90 Å². The first-order valence-electron chi connectivity index (χ1n) is 5.12. The van der Waals surface area contributed by atoms with Crippen molar-refractivity contribution in [3.8, 4) is 9.88 Å². The fourth-order valence-electron chi connectivity index (χ4n) is 1.23. The van der Waals surface area contributed by atoms with Gasteiger partial charge in [0.25, 0.3) is 5.91 Å². The van der Waals surface area contributed by atoms with Gasteiger partial charge < -0.3 is 10.4 Å². The number of aliphatic hydroxyl groups is 1. The molecular weight excluding hydrogens is 256 g/mol. The summed E-state index contributed by atoms with van der Waals surface area (Å²) >= 11 is 2.95. The van der Waals surface area contributed by atoms with Crippen molar-refractivity contribution in [2.75, 3.05) is 6.61 Å². The molecule has 2 rings (SSSR count). The molecule has 1 atom stereocenters. The standard InChI is InChI=1S/C11H12N2O2S2/c1-7(6-14)13-10(15)9-5-12-11(17-9)8-3-2-4-16-8/h2-5,7,14H,6H2,1H3,(H,13,15). The van der Waals surface area contributed by atoms with E-state index in [2.05, 4.69) is 10.3 Å². The molecule has 0 saturated carbocycles. The van der Waals surface area contributed by atoms with Crippen molar-refractivity contribution >= 4 is 28.6 Å². The second-order valence-corrected chi connectivity index (χ2v) is 5.54. The Bertz CT molecular complexity index is 493. The SMILES string of the molecule is CC(CO)NC(=O)c1cnc(-c2cccs2)s1. The first-order chi connectivity index (χ1) is 8.20. The molecule has 0 aliphatic carbocycles. The quantitative estimate of drug-likeness (QED) is 0.891. The van der Waals surface area contributed by atoms with E-state index in [4.69, 9.17) is 5.11 Å². The highest BCUT2D eigenvalue weighted by atomic mass is 32.1. The van der Waals surface area contributed by atoms with Crippen LogP contribution in [0.25, 0.3) is 9.88 Å². The van der Waals surface area contributed by atoms with Crippen LogP contribution in [0.15, 0.2) is 23.7 Å². The molecule has 2 N–H and O–H groups in total. The van der Waals surface area contributed by atoms with Crippen LogP contribution in [0.1, 0.15) is 16.6 Å². The Morgan fingerprint density at radius 1 is 1.65 bits per heavy atom. The van der Waals surface area contributed by atoms with Gasteiger partial charge in [-0.3, -0.25) is 4.79 Å². The van der Waals surface area contributed by atoms with E-state index in [0.29, 0.717) is 4.88 Å². The van der Waals surface area contributed by atoms with E-state index in [1.54, 1.807) is 24.5 Å². The fraction of sp³-hybridized carbons (Fsp3) is 0.273. The second-order valence-electron chi connectivity index (χ2n) is 3.56. The van der Waals surface area contributed by atoms with Crippen molar-refractivity contribution in [1.82, 2.24) is 10.3 Å². The van der Waals surface area contributed by atoms with Gasteiger partial charge in [0, 0.05) is 6.04 Å². The van der Waals surface area contributed by atoms with E-state index in [1.807, 2.05) is 17.5 Å². The molecule has 17 heavy (non-hydrogen) atoms. The lowest BCUT2D eigenvalue weighted by atomic mass is 10.3. The molecule has 6 heteroatoms. The Labute approximate surface area is 107 Å². The molecule has 2 heterocycles. The van der Waals surface area contributed by atoms with E-state index in [0.717, 1.165) is 9.88 Å². The highest BCUT2D eigenvalue weighted by Gasteiger charge is 2.13. The zero-order chi connectivity index (χ0) is 12.3. The van der Waals surface area contributed by atoms with Gasteiger partial charge in [-0.25, -0.2) is 4.98 Å². The average Bonchev–Trinajstić information content (AvgIpc) is 2.98. The summed E-state index contributed by atoms with van der Waals surface area (Å²) in [5, 5.41) is 14.4. The number of rotatable bonds is 4. The minimum absolute atomic E-state index is 0.0671. The molecule has 0 radical (unpaired) electrons. The molecule has 1 amide bonds. The summed E-state index contributed by atoms with van der Waals surface area (Å²) in [7, 11) is 0. The van der Waals surface area contributed by atoms with Gasteiger partial charge in [-0.05, 0) is 18.4 Å². The molecule has 0 saturated heterocycles. The summed E-state index contributed by atoms with van der Waals surface area (Å²) < 4.78 is 0. The van der Waals surface area contributed by atoms with Crippen LogP contribution in [0.2, 0.25) is 0 Å². The third-order valence-electron chi connectivity index (χ3n) is 2.11. The predicted octanol–water partition coefficient (Wildman–Crippen LogP) is 1.98. The molecule has 0 bridgehead atoms. The van der Waals surface area contributed by atoms with E-state index < -0.39 is 0 Å². The number of aromatic nitrogens is 1. The molecule has 2 aromatic heterocycles. The smallest absolute Gasteiger partial charge is 0.263 e. The molecule has 0 aromatic carbocycles. The zero-order valence-corrected chi connectivity index (χ0v) is 10.8. The van der Waals surface area contributed by atoms with Crippen LogP contribution >= 0.6 is 22.7 Å². The van der Waals surface area contributed by atoms with E-state index in [9.17, 15) is 4.79 Å². The van der Waals surface area contributed by atoms with Crippen molar-refractivity contribution in [2.24, 2.45) is 0 Å². The number of carbonyl (C=O) groups is 1. The number of hydrogen-bond acceptors (Lipinski definition) is 5. The first kappa shape index (κ1) is 12.2. The maximum Gasteiger partial charge on any atom is 0.263 e. The molecule has 0 spiro atoms. The van der Waals surface area contributed by atoms with Crippen LogP contribution in [0.5, 0.6) is 0 Å². The maximum atomic E-state index is 11.7. The Morgan fingerprint density at radius 3 is 3.12 bits per heavy atom. The maximum absolute atomic E-state index is 11.7. The molecule has 4 nitrogen and oxygen atoms in total. The molecule has 2 aromatic rings. The van der Waals surface area contributed by atoms with Gasteiger partial charge in [0.05, 0.1) is 17.7 Å². The van der Waals surface area contributed by atoms with Crippen molar-refractivity contribution in [3.05, 3.63) is 28.6 Å². The average molecular weight is 268 g/mol. The minimum atomic E-state index is -0.241. The van der Waals surface area contributed by atoms with Gasteiger partial charge in [-0.2, -0.15) is 0 Å². The van der Waals surface area contributed by atoms with E-state index in [-0.39, 0.29) is 18.6 Å². The lowest BCUT2D eigenvalue weighted by molar-refractivity contribution is 0.0926. The first-order valence-corrected chi connectivity index (χ1v) is 6.81. The Morgan fingerprint density at radius 2 is 2.47 bits per heavy atom. The monoisotopic (exact) mass is 268 g/mol. The number of nitrogens with zero attached hydrogens (tertiary/aromatic N) is 1. The van der Waals surface area contributed by atoms with Gasteiger partial charge in [-0.15, -0.1) is 22.7 Å². The summed E-state index contributed by atoms with van der Waals surface area (Å²) in [6, 6.07) is 3.69. The molecular formula is C11H12N2O2S2. The Kier molecular flexibility index (Phi) is 3.88. The number of aliphatic hydroxyl groups excluding tert-OH is 1. The zero-order valence-electron chi connectivity index (χ0n) is 9.21. The normalized spacial score (nSPS) is 12.4. The predicted molar refractivity (Wildman–Crippen MR) is 69.4 cm³/mol. The molecule has 0 aliphatic heterocycles. The summed E-state index contributed by atoms with van der Waals surface area (Å²) in [4.78, 5) is 17.6. The topological polar surface area (TPSA) is 62.2 Å². The highest BCUT2D eigenvalue weighted by Crippen LogP contribution is 2.28. The third-order valence-corrected chi connectivity index (χ3v) is 4.15. The lowest BCUT2D eigenvalue weighted by Crippen LogP contribution is -2.34. The number of carbonyl (C=O) groups excluding carboxylic acids is 1. The number of nitrogens with one attached hydrogen (secondary N) is 1. The summed E-state index contributed by atoms with van der Waals surface area (Å²) in [5.74, 6) is -0.188. The summed E-state index contributed by atoms with van der Waals surface area (Å²) in [6.45, 7) is 1.68. The number of thiophene rings is 1. The highest BCUT2D eigenvalue weighted by molar-refractivity contribution is 7.21. The Balaban J connectivity index is 2.11. The van der Waals surface area contributed by atoms with Crippen LogP contribution in [0.4, 0.5) is 0 Å². The van der Waals surface area contributed by atoms with E-state index >= 15 is 0 Å². The van der Waals surface area contributed by atoms with Crippen LogP contribution in [0, 0.1) is 0 Å². The van der Waals surface area contributed by atoms with Crippen LogP contribution in [-0.2, 0) is 0 Å². The largest absolute Gasteiger partial charge is 0.394 e. The second kappa shape index (κ2) is 5.39. The Hall–Kier alpha value is -1.24. The van der Waals surface area contributed by atoms with E-state index in [1.165, 1.54) is 11.3 Å². The summed E-state index contributed by atoms with van der Waals surface area (Å²) in [6.07, 6.45) is 1.57. The van der Waals surface area contributed by atoms with Crippen molar-refractivity contribution in [2.45, 2.75) is 13.0 Å². The van der Waals surface area contributed by atoms with Gasteiger partial charge in [-0.1, -0.05) is 6.07 Å². The molecule has 1 unspecified atom stereocenters. The van der Waals surface area contributed by atoms with Crippen LogP contribution in [0.3, 0.4) is 0 Å². The number of amides is 1. The van der Waals surface area contributed by atoms with Gasteiger partial charge in [0.15, 0.2) is 0 Å². The van der Waals surface area contributed by atoms with Gasteiger partial charge >= 0.3 is 0 Å². The molecule has 0 aliphatic rings. The lowest BCUT2D eigenvalue weighted by Gasteiger charge is -2.08. The van der Waals surface area contributed by atoms with Crippen LogP contribution < -0.4 is 5.32 Å². The molecule has 0 fully saturated rings. The van der Waals surface area contributed by atoms with Gasteiger partial charge in [0.2, 0.25) is 0 Å². The number of hydrogen-bond donors (Lipinski definition) is 2. The third kappa shape index (κ3) is 2.91. The fourth-order valence-corrected chi connectivity index (χ4v) is 2.86.